The summed E-state index contributed by atoms with van der Waals surface area (Å²) in [6.45, 7) is 8.26. The van der Waals surface area contributed by atoms with E-state index < -0.39 is 0 Å². The number of carbonyl (C=O) groups is 2. The lowest BCUT2D eigenvalue weighted by atomic mass is 10.1. The highest BCUT2D eigenvalue weighted by Crippen LogP contribution is 2.08. The van der Waals surface area contributed by atoms with Crippen LogP contribution in [0.1, 0.15) is 33.6 Å². The molecule has 4 N–H and O–H groups in total. The van der Waals surface area contributed by atoms with Crippen molar-refractivity contribution < 1.29 is 20.1 Å². The predicted octanol–water partition coefficient (Wildman–Crippen LogP) is -0.356. The molecule has 118 valence electrons. The zero-order valence-corrected chi connectivity index (χ0v) is 13.3. The molecular weight excluding hydrogens is 258 g/mol. The maximum atomic E-state index is 11.9. The summed E-state index contributed by atoms with van der Waals surface area (Å²) in [6.07, 6.45) is 0.658. The molecule has 0 aromatic carbocycles. The van der Waals surface area contributed by atoms with E-state index in [0.717, 1.165) is 0 Å². The summed E-state index contributed by atoms with van der Waals surface area (Å²) in [7, 11) is 1.81. The number of nitrogens with zero attached hydrogens (tertiary/aromatic N) is 1. The van der Waals surface area contributed by atoms with Gasteiger partial charge in [-0.25, -0.2) is 0 Å². The number of hydrogen-bond donors (Lipinski definition) is 2. The average Bonchev–Trinajstić information content (AvgIpc) is 2.41. The molecule has 6 heteroatoms. The molecule has 0 saturated heterocycles. The summed E-state index contributed by atoms with van der Waals surface area (Å²) >= 11 is 0. The number of amides is 2. The minimum Gasteiger partial charge on any atom is -0.375 e. The second-order valence-electron chi connectivity index (χ2n) is 5.31. The summed E-state index contributed by atoms with van der Waals surface area (Å²) in [5.74, 6) is 0.393. The fourth-order valence-electron chi connectivity index (χ4n) is 1.62. The number of ether oxygens (including phenoxy) is 1. The third-order valence-electron chi connectivity index (χ3n) is 3.39. The van der Waals surface area contributed by atoms with Crippen molar-refractivity contribution in [3.63, 3.8) is 0 Å². The summed E-state index contributed by atoms with van der Waals surface area (Å²) in [5.41, 5.74) is 3.65. The van der Waals surface area contributed by atoms with Crippen LogP contribution in [0.5, 0.6) is 0 Å². The van der Waals surface area contributed by atoms with E-state index in [2.05, 4.69) is 24.9 Å². The molecule has 0 bridgehead atoms. The van der Waals surface area contributed by atoms with E-state index in [0.29, 0.717) is 45.1 Å². The minimum atomic E-state index is -0.0820. The zero-order chi connectivity index (χ0) is 15.5. The summed E-state index contributed by atoms with van der Waals surface area (Å²) in [5, 5.41) is 2.73. The molecule has 0 radical (unpaired) electrons. The maximum absolute atomic E-state index is 11.9. The SMILES string of the molecule is CC(C)C(C)N(C)C(=O)CCNC(=O)CCOCC[NH3+]. The number of nitrogens with one attached hydrogen (secondary N) is 1. The second kappa shape index (κ2) is 10.6. The molecule has 0 aromatic rings. The largest absolute Gasteiger partial charge is 0.375 e. The van der Waals surface area contributed by atoms with Crippen LogP contribution in [-0.2, 0) is 14.3 Å². The van der Waals surface area contributed by atoms with Crippen molar-refractivity contribution in [3.05, 3.63) is 0 Å². The molecule has 0 aromatic heterocycles. The molecule has 0 fully saturated rings. The van der Waals surface area contributed by atoms with Crippen molar-refractivity contribution in [1.82, 2.24) is 10.2 Å². The quantitative estimate of drug-likeness (QED) is 0.538. The Bertz CT molecular complexity index is 295. The summed E-state index contributed by atoms with van der Waals surface area (Å²) in [4.78, 5) is 25.1. The third kappa shape index (κ3) is 8.12. The highest BCUT2D eigenvalue weighted by atomic mass is 16.5. The van der Waals surface area contributed by atoms with Crippen LogP contribution in [0.3, 0.4) is 0 Å². The van der Waals surface area contributed by atoms with E-state index in [4.69, 9.17) is 4.74 Å². The molecule has 0 rings (SSSR count). The van der Waals surface area contributed by atoms with E-state index in [-0.39, 0.29) is 17.9 Å². The Kier molecular flexibility index (Phi) is 10.0. The normalized spacial score (nSPS) is 12.3. The highest BCUT2D eigenvalue weighted by molar-refractivity contribution is 5.79. The Balaban J connectivity index is 3.77. The van der Waals surface area contributed by atoms with Gasteiger partial charge in [-0.3, -0.25) is 9.59 Å². The molecule has 0 aliphatic rings. The number of hydrogen-bond acceptors (Lipinski definition) is 3. The highest BCUT2D eigenvalue weighted by Gasteiger charge is 2.18. The molecule has 6 nitrogen and oxygen atoms in total. The van der Waals surface area contributed by atoms with E-state index in [1.54, 1.807) is 11.9 Å². The first-order chi connectivity index (χ1) is 9.40. The summed E-state index contributed by atoms with van der Waals surface area (Å²) < 4.78 is 5.18. The van der Waals surface area contributed by atoms with Gasteiger partial charge in [-0.2, -0.15) is 0 Å². The second-order valence-corrected chi connectivity index (χ2v) is 5.31. The number of carbonyl (C=O) groups excluding carboxylic acids is 2. The molecule has 20 heavy (non-hydrogen) atoms. The van der Waals surface area contributed by atoms with Crippen molar-refractivity contribution >= 4 is 11.8 Å². The van der Waals surface area contributed by atoms with Crippen molar-refractivity contribution in [3.8, 4) is 0 Å². The first kappa shape index (κ1) is 18.9. The molecule has 2 amide bonds. The van der Waals surface area contributed by atoms with Gasteiger partial charge in [-0.1, -0.05) is 13.8 Å². The van der Waals surface area contributed by atoms with Gasteiger partial charge in [-0.15, -0.1) is 0 Å². The fraction of sp³-hybridized carbons (Fsp3) is 0.857. The Morgan fingerprint density at radius 2 is 1.85 bits per heavy atom. The topological polar surface area (TPSA) is 86.3 Å². The van der Waals surface area contributed by atoms with Gasteiger partial charge in [0.15, 0.2) is 0 Å². The van der Waals surface area contributed by atoms with E-state index in [1.807, 2.05) is 6.92 Å². The van der Waals surface area contributed by atoms with Crippen LogP contribution in [0.4, 0.5) is 0 Å². The lowest BCUT2D eigenvalue weighted by Crippen LogP contribution is -2.52. The van der Waals surface area contributed by atoms with Gasteiger partial charge >= 0.3 is 0 Å². The minimum absolute atomic E-state index is 0.0554. The first-order valence-electron chi connectivity index (χ1n) is 7.29. The first-order valence-corrected chi connectivity index (χ1v) is 7.29. The Morgan fingerprint density at radius 3 is 2.40 bits per heavy atom. The van der Waals surface area contributed by atoms with Crippen LogP contribution in [0.15, 0.2) is 0 Å². The van der Waals surface area contributed by atoms with Crippen molar-refractivity contribution in [2.24, 2.45) is 5.92 Å². The monoisotopic (exact) mass is 288 g/mol. The molecule has 0 heterocycles. The van der Waals surface area contributed by atoms with Gasteiger partial charge in [0.2, 0.25) is 11.8 Å². The zero-order valence-electron chi connectivity index (χ0n) is 13.3. The van der Waals surface area contributed by atoms with Gasteiger partial charge in [-0.05, 0) is 12.8 Å². The average molecular weight is 288 g/mol. The van der Waals surface area contributed by atoms with E-state index >= 15 is 0 Å². The van der Waals surface area contributed by atoms with Crippen molar-refractivity contribution in [2.75, 3.05) is 33.4 Å². The fourth-order valence-corrected chi connectivity index (χ4v) is 1.62. The van der Waals surface area contributed by atoms with Gasteiger partial charge in [0.05, 0.1) is 19.8 Å². The lowest BCUT2D eigenvalue weighted by molar-refractivity contribution is -0.374. The molecule has 0 aliphatic heterocycles. The summed E-state index contributed by atoms with van der Waals surface area (Å²) in [6, 6.07) is 0.203. The third-order valence-corrected chi connectivity index (χ3v) is 3.39. The van der Waals surface area contributed by atoms with E-state index in [1.165, 1.54) is 0 Å². The van der Waals surface area contributed by atoms with Crippen molar-refractivity contribution in [2.45, 2.75) is 39.7 Å². The van der Waals surface area contributed by atoms with Gasteiger partial charge in [0, 0.05) is 32.5 Å². The number of quaternary nitrogens is 1. The molecule has 0 aliphatic carbocycles. The Hall–Kier alpha value is -1.14. The van der Waals surface area contributed by atoms with Crippen LogP contribution in [0.25, 0.3) is 0 Å². The van der Waals surface area contributed by atoms with Crippen LogP contribution in [0, 0.1) is 5.92 Å². The van der Waals surface area contributed by atoms with Crippen LogP contribution in [0.2, 0.25) is 0 Å². The molecule has 1 unspecified atom stereocenters. The molecule has 0 saturated carbocycles. The number of rotatable bonds is 10. The molecule has 0 spiro atoms. The Morgan fingerprint density at radius 1 is 1.20 bits per heavy atom. The van der Waals surface area contributed by atoms with Crippen LogP contribution >= 0.6 is 0 Å². The van der Waals surface area contributed by atoms with E-state index in [9.17, 15) is 9.59 Å². The predicted molar refractivity (Wildman–Crippen MR) is 77.9 cm³/mol. The molecule has 1 atom stereocenters. The maximum Gasteiger partial charge on any atom is 0.224 e. The van der Waals surface area contributed by atoms with Crippen LogP contribution < -0.4 is 11.1 Å². The standard InChI is InChI=1S/C14H29N3O3/c1-11(2)12(3)17(4)14(19)5-8-16-13(18)6-9-20-10-7-15/h11-12H,5-10,15H2,1-4H3,(H,16,18)/p+1. The smallest absolute Gasteiger partial charge is 0.224 e. The molecular formula is C14H30N3O3+. The van der Waals surface area contributed by atoms with Crippen LogP contribution in [-0.4, -0.2) is 56.1 Å². The van der Waals surface area contributed by atoms with Gasteiger partial charge in [0.1, 0.15) is 0 Å². The Labute approximate surface area is 122 Å². The van der Waals surface area contributed by atoms with Gasteiger partial charge < -0.3 is 20.7 Å². The lowest BCUT2D eigenvalue weighted by Gasteiger charge is -2.28. The van der Waals surface area contributed by atoms with Crippen molar-refractivity contribution in [1.29, 1.82) is 0 Å². The van der Waals surface area contributed by atoms with Gasteiger partial charge in [0.25, 0.3) is 0 Å².